The van der Waals surface area contributed by atoms with Gasteiger partial charge in [0.1, 0.15) is 17.2 Å². The fraction of sp³-hybridized carbons (Fsp3) is 0.481. The average Bonchev–Trinajstić information content (AvgIpc) is 2.80. The summed E-state index contributed by atoms with van der Waals surface area (Å²) in [7, 11) is 0. The third-order valence-corrected chi connectivity index (χ3v) is 5.71. The molecule has 0 aromatic heterocycles. The predicted molar refractivity (Wildman–Crippen MR) is 127 cm³/mol. The maximum absolute atomic E-state index is 12.2. The first-order chi connectivity index (χ1) is 16.1. The van der Waals surface area contributed by atoms with E-state index in [0.717, 1.165) is 54.7 Å². The zero-order chi connectivity index (χ0) is 23.5. The summed E-state index contributed by atoms with van der Waals surface area (Å²) >= 11 is 0. The molecule has 178 valence electrons. The minimum atomic E-state index is -0.770. The highest BCUT2D eigenvalue weighted by Crippen LogP contribution is 2.36. The number of carboxylic acids is 1. The van der Waals surface area contributed by atoms with Gasteiger partial charge in [-0.1, -0.05) is 31.5 Å². The lowest BCUT2D eigenvalue weighted by molar-refractivity contribution is -0.137. The Bertz CT molecular complexity index is 936. The second kappa shape index (κ2) is 12.9. The smallest absolute Gasteiger partial charge is 0.303 e. The van der Waals surface area contributed by atoms with Crippen molar-refractivity contribution in [1.29, 1.82) is 0 Å². The third kappa shape index (κ3) is 7.24. The van der Waals surface area contributed by atoms with E-state index in [4.69, 9.17) is 19.3 Å². The zero-order valence-electron chi connectivity index (χ0n) is 19.4. The summed E-state index contributed by atoms with van der Waals surface area (Å²) in [5.41, 5.74) is 2.74. The van der Waals surface area contributed by atoms with Gasteiger partial charge < -0.3 is 19.3 Å². The Balaban J connectivity index is 1.41. The molecule has 0 atom stereocenters. The van der Waals surface area contributed by atoms with E-state index in [9.17, 15) is 9.59 Å². The SMILES string of the molecule is CCCc1c(OCCCCCOc2ccccc2CCCC(=O)O)ccc2c1OCCC2=O. The monoisotopic (exact) mass is 454 g/mol. The van der Waals surface area contributed by atoms with E-state index in [-0.39, 0.29) is 12.2 Å². The summed E-state index contributed by atoms with van der Waals surface area (Å²) in [5, 5.41) is 8.82. The van der Waals surface area contributed by atoms with Crippen LogP contribution in [0.1, 0.15) is 73.4 Å². The van der Waals surface area contributed by atoms with Gasteiger partial charge in [-0.3, -0.25) is 9.59 Å². The van der Waals surface area contributed by atoms with Gasteiger partial charge in [0.2, 0.25) is 0 Å². The summed E-state index contributed by atoms with van der Waals surface area (Å²) in [6.07, 6.45) is 6.49. The van der Waals surface area contributed by atoms with Crippen LogP contribution in [0.3, 0.4) is 0 Å². The Morgan fingerprint density at radius 3 is 2.48 bits per heavy atom. The second-order valence-corrected chi connectivity index (χ2v) is 8.30. The highest BCUT2D eigenvalue weighted by atomic mass is 16.5. The van der Waals surface area contributed by atoms with Gasteiger partial charge >= 0.3 is 5.97 Å². The molecule has 0 amide bonds. The normalized spacial score (nSPS) is 12.7. The molecule has 33 heavy (non-hydrogen) atoms. The molecular weight excluding hydrogens is 420 g/mol. The van der Waals surface area contributed by atoms with Crippen LogP contribution in [0.15, 0.2) is 36.4 Å². The van der Waals surface area contributed by atoms with Crippen LogP contribution in [0.5, 0.6) is 17.2 Å². The van der Waals surface area contributed by atoms with Crippen molar-refractivity contribution in [2.75, 3.05) is 19.8 Å². The fourth-order valence-corrected chi connectivity index (χ4v) is 4.02. The number of carbonyl (C=O) groups excluding carboxylic acids is 1. The van der Waals surface area contributed by atoms with E-state index < -0.39 is 5.97 Å². The maximum Gasteiger partial charge on any atom is 0.303 e. The summed E-state index contributed by atoms with van der Waals surface area (Å²) in [5.74, 6) is 1.74. The third-order valence-electron chi connectivity index (χ3n) is 5.71. The topological polar surface area (TPSA) is 82.1 Å². The molecule has 0 unspecified atom stereocenters. The molecule has 0 radical (unpaired) electrons. The quantitative estimate of drug-likeness (QED) is 0.372. The predicted octanol–water partition coefficient (Wildman–Crippen LogP) is 5.64. The molecule has 0 aliphatic carbocycles. The number of ketones is 1. The molecule has 2 aromatic rings. The van der Waals surface area contributed by atoms with Crippen LogP contribution in [0.4, 0.5) is 0 Å². The highest BCUT2D eigenvalue weighted by molar-refractivity contribution is 6.00. The number of carbonyl (C=O) groups is 2. The highest BCUT2D eigenvalue weighted by Gasteiger charge is 2.23. The maximum atomic E-state index is 12.2. The Hall–Kier alpha value is -3.02. The molecule has 1 N–H and O–H groups in total. The minimum absolute atomic E-state index is 0.142. The molecule has 6 nitrogen and oxygen atoms in total. The lowest BCUT2D eigenvalue weighted by atomic mass is 9.98. The summed E-state index contributed by atoms with van der Waals surface area (Å²) in [6, 6.07) is 11.6. The number of Topliss-reactive ketones (excluding diaryl/α,β-unsaturated/α-hetero) is 1. The summed E-state index contributed by atoms with van der Waals surface area (Å²) < 4.78 is 17.8. The van der Waals surface area contributed by atoms with Gasteiger partial charge in [-0.2, -0.15) is 0 Å². The molecular formula is C27H34O6. The zero-order valence-corrected chi connectivity index (χ0v) is 19.4. The first kappa shape index (κ1) is 24.6. The molecule has 0 fully saturated rings. The number of hydrogen-bond acceptors (Lipinski definition) is 5. The number of para-hydroxylation sites is 1. The van der Waals surface area contributed by atoms with Crippen molar-refractivity contribution < 1.29 is 28.9 Å². The van der Waals surface area contributed by atoms with Crippen LogP contribution in [0.25, 0.3) is 0 Å². The number of rotatable bonds is 14. The van der Waals surface area contributed by atoms with E-state index in [0.29, 0.717) is 50.4 Å². The van der Waals surface area contributed by atoms with E-state index in [2.05, 4.69) is 6.92 Å². The number of fused-ring (bicyclic) bond motifs is 1. The van der Waals surface area contributed by atoms with Gasteiger partial charge in [-0.05, 0) is 62.3 Å². The van der Waals surface area contributed by atoms with Crippen LogP contribution in [-0.2, 0) is 17.6 Å². The molecule has 6 heteroatoms. The molecule has 0 bridgehead atoms. The molecule has 2 aromatic carbocycles. The molecule has 1 aliphatic heterocycles. The van der Waals surface area contributed by atoms with Crippen molar-refractivity contribution in [3.63, 3.8) is 0 Å². The van der Waals surface area contributed by atoms with Gasteiger partial charge in [0.15, 0.2) is 5.78 Å². The standard InChI is InChI=1S/C27H34O6/c1-2-9-22-25(15-14-21-23(28)16-19-33-27(21)22)32-18-7-3-6-17-31-24-12-5-4-10-20(24)11-8-13-26(29)30/h4-5,10,12,14-15H,2-3,6-9,11,13,16-19H2,1H3,(H,29,30). The number of aryl methyl sites for hydroxylation is 1. The number of benzene rings is 2. The minimum Gasteiger partial charge on any atom is -0.493 e. The van der Waals surface area contributed by atoms with Gasteiger partial charge in [-0.25, -0.2) is 0 Å². The summed E-state index contributed by atoms with van der Waals surface area (Å²) in [4.78, 5) is 22.9. The van der Waals surface area contributed by atoms with Crippen LogP contribution in [-0.4, -0.2) is 36.7 Å². The van der Waals surface area contributed by atoms with Crippen molar-refractivity contribution in [3.05, 3.63) is 53.1 Å². The molecule has 0 spiro atoms. The van der Waals surface area contributed by atoms with Crippen molar-refractivity contribution in [2.24, 2.45) is 0 Å². The number of carboxylic acid groups (broad SMARTS) is 1. The Morgan fingerprint density at radius 2 is 1.73 bits per heavy atom. The first-order valence-corrected chi connectivity index (χ1v) is 12.0. The van der Waals surface area contributed by atoms with Crippen molar-refractivity contribution in [1.82, 2.24) is 0 Å². The van der Waals surface area contributed by atoms with Crippen molar-refractivity contribution in [3.8, 4) is 17.2 Å². The Kier molecular flexibility index (Phi) is 9.60. The van der Waals surface area contributed by atoms with Crippen LogP contribution < -0.4 is 14.2 Å². The van der Waals surface area contributed by atoms with Crippen molar-refractivity contribution in [2.45, 2.75) is 64.7 Å². The molecule has 0 saturated carbocycles. The van der Waals surface area contributed by atoms with Crippen molar-refractivity contribution >= 4 is 11.8 Å². The van der Waals surface area contributed by atoms with Gasteiger partial charge in [-0.15, -0.1) is 0 Å². The van der Waals surface area contributed by atoms with Crippen LogP contribution >= 0.6 is 0 Å². The van der Waals surface area contributed by atoms with Gasteiger partial charge in [0.05, 0.1) is 25.4 Å². The van der Waals surface area contributed by atoms with Crippen LogP contribution in [0.2, 0.25) is 0 Å². The number of unbranched alkanes of at least 4 members (excludes halogenated alkanes) is 2. The largest absolute Gasteiger partial charge is 0.493 e. The van der Waals surface area contributed by atoms with Gasteiger partial charge in [0.25, 0.3) is 0 Å². The fourth-order valence-electron chi connectivity index (χ4n) is 4.02. The van der Waals surface area contributed by atoms with Gasteiger partial charge in [0, 0.05) is 18.4 Å². The lowest BCUT2D eigenvalue weighted by Crippen LogP contribution is -2.17. The lowest BCUT2D eigenvalue weighted by Gasteiger charge is -2.22. The number of ether oxygens (including phenoxy) is 3. The first-order valence-electron chi connectivity index (χ1n) is 12.0. The van der Waals surface area contributed by atoms with E-state index in [1.165, 1.54) is 0 Å². The van der Waals surface area contributed by atoms with Crippen LogP contribution in [0, 0.1) is 0 Å². The van der Waals surface area contributed by atoms with E-state index in [1.807, 2.05) is 36.4 Å². The number of aliphatic carboxylic acids is 1. The average molecular weight is 455 g/mol. The molecule has 1 heterocycles. The molecule has 3 rings (SSSR count). The summed E-state index contributed by atoms with van der Waals surface area (Å²) in [6.45, 7) is 3.77. The number of hydrogen-bond donors (Lipinski definition) is 1. The molecule has 1 aliphatic rings. The molecule has 0 saturated heterocycles. The van der Waals surface area contributed by atoms with E-state index in [1.54, 1.807) is 0 Å². The Labute approximate surface area is 195 Å². The van der Waals surface area contributed by atoms with E-state index >= 15 is 0 Å². The Morgan fingerprint density at radius 1 is 0.970 bits per heavy atom. The second-order valence-electron chi connectivity index (χ2n) is 8.30.